The molecule has 10 heteroatoms. The van der Waals surface area contributed by atoms with Crippen molar-refractivity contribution >= 4 is 11.0 Å². The Hall–Kier alpha value is -3.15. The molecule has 5 rings (SSSR count). The number of rotatable bonds is 4. The van der Waals surface area contributed by atoms with Crippen molar-refractivity contribution in [1.29, 1.82) is 0 Å². The average molecular weight is 458 g/mol. The predicted molar refractivity (Wildman–Crippen MR) is 113 cm³/mol. The van der Waals surface area contributed by atoms with Gasteiger partial charge in [-0.05, 0) is 29.8 Å². The molecule has 0 radical (unpaired) electrons. The van der Waals surface area contributed by atoms with Gasteiger partial charge in [-0.25, -0.2) is 0 Å². The topological polar surface area (TPSA) is 148 Å². The molecule has 1 fully saturated rings. The van der Waals surface area contributed by atoms with Crippen LogP contribution in [0.4, 0.5) is 0 Å². The number of hydrogen-bond donors (Lipinski definition) is 4. The van der Waals surface area contributed by atoms with Crippen LogP contribution < -0.4 is 19.6 Å². The first kappa shape index (κ1) is 21.7. The van der Waals surface area contributed by atoms with Gasteiger partial charge in [-0.15, -0.1) is 0 Å². The molecule has 33 heavy (non-hydrogen) atoms. The largest absolute Gasteiger partial charge is 0.486 e. The first-order valence-corrected chi connectivity index (χ1v) is 10.4. The summed E-state index contributed by atoms with van der Waals surface area (Å²) in [6, 6.07) is 9.68. The van der Waals surface area contributed by atoms with Crippen LogP contribution in [0.1, 0.15) is 0 Å². The van der Waals surface area contributed by atoms with E-state index in [2.05, 4.69) is 0 Å². The second-order valence-corrected chi connectivity index (χ2v) is 7.81. The summed E-state index contributed by atoms with van der Waals surface area (Å²) in [6.07, 6.45) is -5.70. The van der Waals surface area contributed by atoms with E-state index in [1.54, 1.807) is 18.2 Å². The van der Waals surface area contributed by atoms with Gasteiger partial charge in [-0.1, -0.05) is 6.07 Å². The van der Waals surface area contributed by atoms with Crippen LogP contribution in [0.3, 0.4) is 0 Å². The molecule has 0 aliphatic carbocycles. The third-order valence-corrected chi connectivity index (χ3v) is 5.70. The molecule has 10 nitrogen and oxygen atoms in total. The Bertz CT molecular complexity index is 1220. The van der Waals surface area contributed by atoms with Crippen LogP contribution in [0.2, 0.25) is 0 Å². The van der Waals surface area contributed by atoms with Crippen molar-refractivity contribution in [3.8, 4) is 28.4 Å². The molecular formula is C23H22O10. The highest BCUT2D eigenvalue weighted by molar-refractivity contribution is 5.83. The highest BCUT2D eigenvalue weighted by Crippen LogP contribution is 2.34. The predicted octanol–water partition coefficient (Wildman–Crippen LogP) is 0.410. The van der Waals surface area contributed by atoms with Crippen molar-refractivity contribution in [3.63, 3.8) is 0 Å². The summed E-state index contributed by atoms with van der Waals surface area (Å²) in [5.41, 5.74) is 0.953. The van der Waals surface area contributed by atoms with Gasteiger partial charge in [0, 0.05) is 6.07 Å². The number of hydrogen-bond acceptors (Lipinski definition) is 10. The van der Waals surface area contributed by atoms with Gasteiger partial charge in [0.1, 0.15) is 55.2 Å². The Morgan fingerprint density at radius 3 is 2.52 bits per heavy atom. The summed E-state index contributed by atoms with van der Waals surface area (Å²) < 4.78 is 27.7. The Balaban J connectivity index is 1.42. The monoisotopic (exact) mass is 458 g/mol. The number of aliphatic hydroxyl groups excluding tert-OH is 4. The molecule has 2 aliphatic rings. The molecule has 1 aromatic heterocycles. The van der Waals surface area contributed by atoms with Crippen molar-refractivity contribution < 1.29 is 43.8 Å². The fraction of sp³-hybridized carbons (Fsp3) is 0.348. The van der Waals surface area contributed by atoms with Gasteiger partial charge in [0.2, 0.25) is 6.29 Å². The zero-order valence-corrected chi connectivity index (χ0v) is 17.3. The minimum Gasteiger partial charge on any atom is -0.486 e. The van der Waals surface area contributed by atoms with Gasteiger partial charge in [0.15, 0.2) is 16.9 Å². The molecule has 3 aromatic rings. The number of aliphatic hydroxyl groups is 4. The number of benzene rings is 2. The van der Waals surface area contributed by atoms with Gasteiger partial charge in [-0.2, -0.15) is 0 Å². The molecule has 3 heterocycles. The van der Waals surface area contributed by atoms with E-state index in [-0.39, 0.29) is 16.8 Å². The lowest BCUT2D eigenvalue weighted by Crippen LogP contribution is -2.60. The molecule has 2 aromatic carbocycles. The van der Waals surface area contributed by atoms with Gasteiger partial charge in [0.05, 0.1) is 17.6 Å². The maximum Gasteiger partial charge on any atom is 0.229 e. The molecular weight excluding hydrogens is 436 g/mol. The lowest BCUT2D eigenvalue weighted by Gasteiger charge is -2.39. The van der Waals surface area contributed by atoms with Crippen molar-refractivity contribution in [2.75, 3.05) is 19.8 Å². The van der Waals surface area contributed by atoms with Crippen LogP contribution in [0, 0.1) is 0 Å². The molecule has 0 amide bonds. The first-order chi connectivity index (χ1) is 16.0. The molecule has 0 unspecified atom stereocenters. The van der Waals surface area contributed by atoms with E-state index in [0.29, 0.717) is 41.2 Å². The second-order valence-electron chi connectivity index (χ2n) is 7.81. The summed E-state index contributed by atoms with van der Waals surface area (Å²) in [7, 11) is 0. The van der Waals surface area contributed by atoms with Crippen LogP contribution >= 0.6 is 0 Å². The maximum atomic E-state index is 13.1. The van der Waals surface area contributed by atoms with E-state index in [0.717, 1.165) is 0 Å². The van der Waals surface area contributed by atoms with E-state index < -0.39 is 37.3 Å². The van der Waals surface area contributed by atoms with Crippen molar-refractivity contribution in [2.45, 2.75) is 30.7 Å². The Kier molecular flexibility index (Phi) is 5.69. The normalized spacial score (nSPS) is 26.8. The van der Waals surface area contributed by atoms with Crippen molar-refractivity contribution in [3.05, 3.63) is 52.9 Å². The fourth-order valence-corrected chi connectivity index (χ4v) is 3.89. The second kappa shape index (κ2) is 8.65. The highest BCUT2D eigenvalue weighted by Gasteiger charge is 2.44. The quantitative estimate of drug-likeness (QED) is 0.433. The molecule has 5 atom stereocenters. The number of fused-ring (bicyclic) bond motifs is 2. The van der Waals surface area contributed by atoms with Crippen LogP contribution in [-0.2, 0) is 4.74 Å². The molecule has 0 spiro atoms. The summed E-state index contributed by atoms with van der Waals surface area (Å²) in [5, 5.41) is 39.6. The third-order valence-electron chi connectivity index (χ3n) is 5.70. The zero-order chi connectivity index (χ0) is 23.1. The summed E-state index contributed by atoms with van der Waals surface area (Å²) >= 11 is 0. The van der Waals surface area contributed by atoms with E-state index >= 15 is 0 Å². The first-order valence-electron chi connectivity index (χ1n) is 10.4. The lowest BCUT2D eigenvalue weighted by atomic mass is 9.99. The molecule has 174 valence electrons. The summed E-state index contributed by atoms with van der Waals surface area (Å²) in [4.78, 5) is 13.1. The van der Waals surface area contributed by atoms with E-state index in [9.17, 15) is 25.2 Å². The van der Waals surface area contributed by atoms with Gasteiger partial charge in [-0.3, -0.25) is 4.79 Å². The van der Waals surface area contributed by atoms with E-state index in [4.69, 9.17) is 23.4 Å². The average Bonchev–Trinajstić information content (AvgIpc) is 2.84. The minimum atomic E-state index is -1.56. The minimum absolute atomic E-state index is 0.196. The van der Waals surface area contributed by atoms with Gasteiger partial charge >= 0.3 is 0 Å². The highest BCUT2D eigenvalue weighted by atomic mass is 16.7. The lowest BCUT2D eigenvalue weighted by molar-refractivity contribution is -0.277. The zero-order valence-electron chi connectivity index (χ0n) is 17.3. The third kappa shape index (κ3) is 3.92. The van der Waals surface area contributed by atoms with E-state index in [1.165, 1.54) is 24.5 Å². The van der Waals surface area contributed by atoms with Crippen LogP contribution in [0.25, 0.3) is 22.1 Å². The molecule has 1 saturated heterocycles. The van der Waals surface area contributed by atoms with Gasteiger partial charge in [0.25, 0.3) is 0 Å². The standard InChI is InChI=1S/C23H22O10/c24-9-18-20(26)21(27)22(28)23(33-18)32-12-2-3-13-16(8-12)31-10-14(19(13)25)11-1-4-15-17(7-11)30-6-5-29-15/h1-4,7-8,10,18,20-24,26-28H,5-6,9H2/t18-,20+,21-,22-,23-/m1/s1. The van der Waals surface area contributed by atoms with Crippen LogP contribution in [0.15, 0.2) is 51.9 Å². The SMILES string of the molecule is O=c1c(-c2ccc3c(c2)OCCO3)coc2cc(O[C@@H]3O[C@H](CO)[C@H](O)[C@@H](O)[C@H]3O)ccc12. The van der Waals surface area contributed by atoms with E-state index in [1.807, 2.05) is 0 Å². The Morgan fingerprint density at radius 2 is 1.73 bits per heavy atom. The Morgan fingerprint density at radius 1 is 0.939 bits per heavy atom. The summed E-state index contributed by atoms with van der Waals surface area (Å²) in [5.74, 6) is 1.37. The molecule has 0 saturated carbocycles. The smallest absolute Gasteiger partial charge is 0.229 e. The number of ether oxygens (including phenoxy) is 4. The molecule has 0 bridgehead atoms. The molecule has 2 aliphatic heterocycles. The summed E-state index contributed by atoms with van der Waals surface area (Å²) in [6.45, 7) is 0.331. The van der Waals surface area contributed by atoms with Crippen LogP contribution in [0.5, 0.6) is 17.2 Å². The van der Waals surface area contributed by atoms with Crippen molar-refractivity contribution in [1.82, 2.24) is 0 Å². The van der Waals surface area contributed by atoms with Crippen LogP contribution in [-0.4, -0.2) is 71.0 Å². The van der Waals surface area contributed by atoms with Crippen molar-refractivity contribution in [2.24, 2.45) is 0 Å². The molecule has 4 N–H and O–H groups in total. The maximum absolute atomic E-state index is 13.1. The Labute approximate surface area is 187 Å². The van der Waals surface area contributed by atoms with Gasteiger partial charge < -0.3 is 43.8 Å². The fourth-order valence-electron chi connectivity index (χ4n) is 3.89.